The minimum absolute atomic E-state index is 0.0895. The van der Waals surface area contributed by atoms with Gasteiger partial charge in [-0.3, -0.25) is 13.9 Å². The number of benzene rings is 2. The Kier molecular flexibility index (Phi) is 10.0. The van der Waals surface area contributed by atoms with Gasteiger partial charge in [0.15, 0.2) is 11.5 Å². The van der Waals surface area contributed by atoms with E-state index >= 15 is 0 Å². The molecular formula is C28H39N3O6S. The van der Waals surface area contributed by atoms with Crippen molar-refractivity contribution in [3.8, 4) is 11.5 Å². The number of fused-ring (bicyclic) bond motifs is 1. The first-order valence-electron chi connectivity index (χ1n) is 13.0. The number of nitrogens with zero attached hydrogens (tertiary/aromatic N) is 2. The van der Waals surface area contributed by atoms with E-state index in [-0.39, 0.29) is 43.9 Å². The molecule has 1 atom stereocenters. The molecule has 0 bridgehead atoms. The van der Waals surface area contributed by atoms with Crippen LogP contribution in [0.4, 0.5) is 5.69 Å². The lowest BCUT2D eigenvalue weighted by molar-refractivity contribution is -0.141. The fourth-order valence-electron chi connectivity index (χ4n) is 4.36. The minimum Gasteiger partial charge on any atom is -0.454 e. The average molecular weight is 546 g/mol. The summed E-state index contributed by atoms with van der Waals surface area (Å²) in [6.45, 7) is 8.94. The molecule has 0 spiro atoms. The maximum Gasteiger partial charge on any atom is 0.242 e. The van der Waals surface area contributed by atoms with Crippen molar-refractivity contribution in [3.63, 3.8) is 0 Å². The molecule has 2 amide bonds. The molecular weight excluding hydrogens is 506 g/mol. The highest BCUT2D eigenvalue weighted by Crippen LogP contribution is 2.36. The first-order valence-corrected chi connectivity index (χ1v) is 14.8. The average Bonchev–Trinajstić information content (AvgIpc) is 3.33. The van der Waals surface area contributed by atoms with Crippen LogP contribution in [-0.2, 0) is 26.2 Å². The van der Waals surface area contributed by atoms with Crippen molar-refractivity contribution in [2.45, 2.75) is 59.5 Å². The number of ether oxygens (including phenoxy) is 2. The number of rotatable bonds is 13. The molecule has 38 heavy (non-hydrogen) atoms. The lowest BCUT2D eigenvalue weighted by atomic mass is 10.0. The fourth-order valence-corrected chi connectivity index (χ4v) is 5.31. The highest BCUT2D eigenvalue weighted by Gasteiger charge is 2.29. The predicted octanol–water partition coefficient (Wildman–Crippen LogP) is 3.85. The van der Waals surface area contributed by atoms with E-state index in [1.54, 1.807) is 23.1 Å². The van der Waals surface area contributed by atoms with Crippen LogP contribution in [0, 0.1) is 12.8 Å². The van der Waals surface area contributed by atoms with Crippen LogP contribution in [0.3, 0.4) is 0 Å². The summed E-state index contributed by atoms with van der Waals surface area (Å²) in [5.74, 6) is 0.954. The smallest absolute Gasteiger partial charge is 0.242 e. The van der Waals surface area contributed by atoms with E-state index in [0.29, 0.717) is 36.7 Å². The van der Waals surface area contributed by atoms with Crippen LogP contribution < -0.4 is 19.1 Å². The zero-order valence-electron chi connectivity index (χ0n) is 22.9. The zero-order valence-corrected chi connectivity index (χ0v) is 23.7. The van der Waals surface area contributed by atoms with E-state index in [1.165, 1.54) is 4.31 Å². The number of sulfonamides is 1. The number of hydrogen-bond donors (Lipinski definition) is 1. The van der Waals surface area contributed by atoms with Gasteiger partial charge < -0.3 is 19.7 Å². The molecule has 3 rings (SSSR count). The number of carbonyl (C=O) groups excluding carboxylic acids is 2. The number of aryl methyl sites for hydroxylation is 1. The number of nitrogens with one attached hydrogen (secondary N) is 1. The van der Waals surface area contributed by atoms with Gasteiger partial charge in [0.25, 0.3) is 0 Å². The lowest BCUT2D eigenvalue weighted by Crippen LogP contribution is -2.49. The van der Waals surface area contributed by atoms with E-state index in [9.17, 15) is 18.0 Å². The quantitative estimate of drug-likeness (QED) is 0.410. The van der Waals surface area contributed by atoms with E-state index in [4.69, 9.17) is 9.47 Å². The van der Waals surface area contributed by atoms with Crippen LogP contribution in [0.1, 0.15) is 51.2 Å². The highest BCUT2D eigenvalue weighted by molar-refractivity contribution is 7.92. The molecule has 1 aliphatic heterocycles. The Hall–Kier alpha value is -3.27. The third kappa shape index (κ3) is 7.63. The second kappa shape index (κ2) is 13.0. The SMILES string of the molecule is CC[C@@H](C(=O)NCC(C)C)N(Cc1ccccc1C)C(=O)CCCN(c1ccc2c(c1)OCO2)S(C)(=O)=O. The Morgan fingerprint density at radius 2 is 1.79 bits per heavy atom. The summed E-state index contributed by atoms with van der Waals surface area (Å²) in [6.07, 6.45) is 1.98. The van der Waals surface area contributed by atoms with Gasteiger partial charge in [-0.1, -0.05) is 45.0 Å². The molecule has 10 heteroatoms. The van der Waals surface area contributed by atoms with E-state index in [1.807, 2.05) is 52.0 Å². The monoisotopic (exact) mass is 545 g/mol. The maximum absolute atomic E-state index is 13.6. The Bertz CT molecular complexity index is 1230. The standard InChI is InChI=1S/C28H39N3O6S/c1-6-24(28(33)29-17-20(2)3)30(18-22-11-8-7-10-21(22)4)27(32)12-9-15-31(38(5,34)35)23-13-14-25-26(16-23)37-19-36-25/h7-8,10-11,13-14,16,20,24H,6,9,12,15,17-19H2,1-5H3,(H,29,33)/t24-/m0/s1. The summed E-state index contributed by atoms with van der Waals surface area (Å²) in [7, 11) is -3.61. The number of amides is 2. The molecule has 9 nitrogen and oxygen atoms in total. The minimum atomic E-state index is -3.61. The third-order valence-electron chi connectivity index (χ3n) is 6.47. The topological polar surface area (TPSA) is 105 Å². The number of hydrogen-bond acceptors (Lipinski definition) is 6. The summed E-state index contributed by atoms with van der Waals surface area (Å²) in [6, 6.07) is 12.1. The van der Waals surface area contributed by atoms with Crippen molar-refractivity contribution in [2.24, 2.45) is 5.92 Å². The lowest BCUT2D eigenvalue weighted by Gasteiger charge is -2.31. The van der Waals surface area contributed by atoms with Crippen molar-refractivity contribution in [2.75, 3.05) is 30.4 Å². The highest BCUT2D eigenvalue weighted by atomic mass is 32.2. The first kappa shape index (κ1) is 29.3. The van der Waals surface area contributed by atoms with E-state index in [2.05, 4.69) is 5.32 Å². The number of anilines is 1. The molecule has 208 valence electrons. The van der Waals surface area contributed by atoms with Crippen molar-refractivity contribution >= 4 is 27.5 Å². The molecule has 1 aliphatic rings. The molecule has 2 aromatic carbocycles. The second-order valence-electron chi connectivity index (χ2n) is 9.99. The van der Waals surface area contributed by atoms with Gasteiger partial charge >= 0.3 is 0 Å². The van der Waals surface area contributed by atoms with Gasteiger partial charge in [0.1, 0.15) is 6.04 Å². The van der Waals surface area contributed by atoms with Crippen LogP contribution in [0.15, 0.2) is 42.5 Å². The van der Waals surface area contributed by atoms with Gasteiger partial charge in [0.2, 0.25) is 28.6 Å². The summed E-state index contributed by atoms with van der Waals surface area (Å²) in [5, 5.41) is 2.96. The maximum atomic E-state index is 13.6. The van der Waals surface area contributed by atoms with E-state index < -0.39 is 16.1 Å². The van der Waals surface area contributed by atoms with E-state index in [0.717, 1.165) is 17.4 Å². The second-order valence-corrected chi connectivity index (χ2v) is 11.9. The van der Waals surface area contributed by atoms with Gasteiger partial charge in [-0.05, 0) is 48.9 Å². The summed E-state index contributed by atoms with van der Waals surface area (Å²) >= 11 is 0. The van der Waals surface area contributed by atoms with Gasteiger partial charge in [0.05, 0.1) is 11.9 Å². The van der Waals surface area contributed by atoms with Crippen molar-refractivity contribution in [3.05, 3.63) is 53.6 Å². The van der Waals surface area contributed by atoms with Gasteiger partial charge in [0, 0.05) is 32.1 Å². The molecule has 0 fully saturated rings. The van der Waals surface area contributed by atoms with Crippen LogP contribution in [0.2, 0.25) is 0 Å². The van der Waals surface area contributed by atoms with Crippen molar-refractivity contribution in [1.82, 2.24) is 10.2 Å². The fraction of sp³-hybridized carbons (Fsp3) is 0.500. The molecule has 0 saturated heterocycles. The van der Waals surface area contributed by atoms with Crippen LogP contribution in [0.25, 0.3) is 0 Å². The molecule has 1 N–H and O–H groups in total. The predicted molar refractivity (Wildman–Crippen MR) is 148 cm³/mol. The van der Waals surface area contributed by atoms with Gasteiger partial charge in [-0.15, -0.1) is 0 Å². The van der Waals surface area contributed by atoms with Crippen molar-refractivity contribution < 1.29 is 27.5 Å². The van der Waals surface area contributed by atoms with Gasteiger partial charge in [-0.2, -0.15) is 0 Å². The largest absolute Gasteiger partial charge is 0.454 e. The van der Waals surface area contributed by atoms with Crippen LogP contribution >= 0.6 is 0 Å². The van der Waals surface area contributed by atoms with Crippen molar-refractivity contribution in [1.29, 1.82) is 0 Å². The first-order chi connectivity index (χ1) is 18.0. The summed E-state index contributed by atoms with van der Waals surface area (Å²) in [4.78, 5) is 28.3. The Morgan fingerprint density at radius 1 is 1.08 bits per heavy atom. The Morgan fingerprint density at radius 3 is 2.45 bits per heavy atom. The van der Waals surface area contributed by atoms with Crippen LogP contribution in [0.5, 0.6) is 11.5 Å². The Labute approximate surface area is 226 Å². The molecule has 2 aromatic rings. The zero-order chi connectivity index (χ0) is 27.9. The molecule has 0 aliphatic carbocycles. The molecule has 1 heterocycles. The molecule has 0 aromatic heterocycles. The normalized spacial score (nSPS) is 13.3. The molecule has 0 radical (unpaired) electrons. The Balaban J connectivity index is 1.76. The van der Waals surface area contributed by atoms with Crippen LogP contribution in [-0.4, -0.2) is 57.3 Å². The third-order valence-corrected chi connectivity index (χ3v) is 7.66. The summed E-state index contributed by atoms with van der Waals surface area (Å²) < 4.78 is 37.2. The summed E-state index contributed by atoms with van der Waals surface area (Å²) in [5.41, 5.74) is 2.45. The number of carbonyl (C=O) groups is 2. The molecule has 0 unspecified atom stereocenters. The van der Waals surface area contributed by atoms with Gasteiger partial charge in [-0.25, -0.2) is 8.42 Å². The molecule has 0 saturated carbocycles.